The lowest BCUT2D eigenvalue weighted by molar-refractivity contribution is 0.372. The Labute approximate surface area is 76.1 Å². The maximum absolute atomic E-state index is 13.0. The second-order valence-electron chi connectivity index (χ2n) is 2.72. The van der Waals surface area contributed by atoms with Crippen LogP contribution >= 0.6 is 0 Å². The minimum Gasteiger partial charge on any atom is -0.243 e. The highest BCUT2D eigenvalue weighted by molar-refractivity contribution is 5.35. The molecule has 68 valence electrons. The molecule has 0 aliphatic rings. The third kappa shape index (κ3) is 2.49. The maximum atomic E-state index is 13.0. The Morgan fingerprint density at radius 3 is 2.85 bits per heavy atom. The van der Waals surface area contributed by atoms with Crippen LogP contribution in [-0.4, -0.2) is 6.08 Å². The summed E-state index contributed by atoms with van der Waals surface area (Å²) in [4.78, 5) is 13.3. The highest BCUT2D eigenvalue weighted by Crippen LogP contribution is 2.21. The van der Waals surface area contributed by atoms with Gasteiger partial charge in [-0.1, -0.05) is 24.3 Å². The molecule has 0 bridgehead atoms. The zero-order valence-corrected chi connectivity index (χ0v) is 7.33. The molecule has 0 aliphatic carbocycles. The van der Waals surface area contributed by atoms with Crippen molar-refractivity contribution in [3.63, 3.8) is 0 Å². The number of aliphatic imine (C=N–C) groups is 1. The zero-order chi connectivity index (χ0) is 9.68. The molecule has 0 aromatic heterocycles. The molecular formula is C10H10FNO. The minimum atomic E-state index is -1.03. The molecule has 2 nitrogen and oxygen atoms in total. The van der Waals surface area contributed by atoms with E-state index in [1.165, 1.54) is 13.0 Å². The van der Waals surface area contributed by atoms with Crippen LogP contribution in [0.25, 0.3) is 0 Å². The molecular weight excluding hydrogens is 169 g/mol. The Hall–Kier alpha value is -1.47. The molecule has 13 heavy (non-hydrogen) atoms. The lowest BCUT2D eigenvalue weighted by atomic mass is 10.0. The van der Waals surface area contributed by atoms with Gasteiger partial charge in [-0.15, -0.1) is 0 Å². The average Bonchev–Trinajstić information content (AvgIpc) is 2.15. The number of carbonyl (C=O) groups excluding carboxylic acids is 1. The molecule has 0 amide bonds. The van der Waals surface area contributed by atoms with Crippen LogP contribution in [0.15, 0.2) is 29.3 Å². The molecule has 0 fully saturated rings. The summed E-state index contributed by atoms with van der Waals surface area (Å²) in [5, 5.41) is 0. The van der Waals surface area contributed by atoms with Gasteiger partial charge in [-0.2, -0.15) is 0 Å². The van der Waals surface area contributed by atoms with Gasteiger partial charge in [-0.3, -0.25) is 0 Å². The van der Waals surface area contributed by atoms with Gasteiger partial charge in [-0.25, -0.2) is 14.2 Å². The lowest BCUT2D eigenvalue weighted by Crippen LogP contribution is -1.93. The van der Waals surface area contributed by atoms with Crippen molar-refractivity contribution < 1.29 is 9.18 Å². The monoisotopic (exact) mass is 179 g/mol. The van der Waals surface area contributed by atoms with E-state index in [0.29, 0.717) is 5.56 Å². The predicted octanol–water partition coefficient (Wildman–Crippen LogP) is 2.55. The summed E-state index contributed by atoms with van der Waals surface area (Å²) in [5.74, 6) is 0. The van der Waals surface area contributed by atoms with Crippen LogP contribution in [0.5, 0.6) is 0 Å². The van der Waals surface area contributed by atoms with Gasteiger partial charge in [-0.05, 0) is 18.1 Å². The summed E-state index contributed by atoms with van der Waals surface area (Å²) in [5.41, 5.74) is 1.32. The SMILES string of the molecule is CC(F)c1ccccc1CN=C=O. The molecule has 0 heterocycles. The van der Waals surface area contributed by atoms with Crippen molar-refractivity contribution >= 4 is 6.08 Å². The number of isocyanates is 1. The van der Waals surface area contributed by atoms with E-state index in [0.717, 1.165) is 5.56 Å². The first kappa shape index (κ1) is 9.62. The van der Waals surface area contributed by atoms with Crippen molar-refractivity contribution in [2.24, 2.45) is 4.99 Å². The van der Waals surface area contributed by atoms with E-state index in [9.17, 15) is 9.18 Å². The van der Waals surface area contributed by atoms with Gasteiger partial charge < -0.3 is 0 Å². The fourth-order valence-corrected chi connectivity index (χ4v) is 1.18. The summed E-state index contributed by atoms with van der Waals surface area (Å²) in [6.07, 6.45) is 0.405. The van der Waals surface area contributed by atoms with Gasteiger partial charge in [0.2, 0.25) is 6.08 Å². The van der Waals surface area contributed by atoms with Crippen LogP contribution in [0.2, 0.25) is 0 Å². The van der Waals surface area contributed by atoms with Crippen LogP contribution < -0.4 is 0 Å². The van der Waals surface area contributed by atoms with Crippen LogP contribution in [0.3, 0.4) is 0 Å². The molecule has 1 aromatic rings. The Morgan fingerprint density at radius 2 is 2.23 bits per heavy atom. The van der Waals surface area contributed by atoms with E-state index in [-0.39, 0.29) is 6.54 Å². The Morgan fingerprint density at radius 1 is 1.54 bits per heavy atom. The third-order valence-electron chi connectivity index (χ3n) is 1.80. The number of benzene rings is 1. The van der Waals surface area contributed by atoms with Gasteiger partial charge in [0, 0.05) is 0 Å². The maximum Gasteiger partial charge on any atom is 0.235 e. The van der Waals surface area contributed by atoms with Crippen molar-refractivity contribution in [3.05, 3.63) is 35.4 Å². The largest absolute Gasteiger partial charge is 0.243 e. The molecule has 1 aromatic carbocycles. The number of nitrogens with zero attached hydrogens (tertiary/aromatic N) is 1. The highest BCUT2D eigenvalue weighted by atomic mass is 19.1. The molecule has 0 N–H and O–H groups in total. The van der Waals surface area contributed by atoms with Crippen LogP contribution in [0.4, 0.5) is 4.39 Å². The number of hydrogen-bond donors (Lipinski definition) is 0. The zero-order valence-electron chi connectivity index (χ0n) is 7.33. The second-order valence-corrected chi connectivity index (χ2v) is 2.72. The van der Waals surface area contributed by atoms with Crippen molar-refractivity contribution in [1.29, 1.82) is 0 Å². The molecule has 1 unspecified atom stereocenters. The molecule has 0 aliphatic heterocycles. The summed E-state index contributed by atoms with van der Waals surface area (Å²) < 4.78 is 13.0. The summed E-state index contributed by atoms with van der Waals surface area (Å²) in [7, 11) is 0. The minimum absolute atomic E-state index is 0.202. The predicted molar refractivity (Wildman–Crippen MR) is 47.8 cm³/mol. The van der Waals surface area contributed by atoms with E-state index >= 15 is 0 Å². The smallest absolute Gasteiger partial charge is 0.235 e. The van der Waals surface area contributed by atoms with Gasteiger partial charge in [0.25, 0.3) is 0 Å². The summed E-state index contributed by atoms with van der Waals surface area (Å²) in [6.45, 7) is 1.66. The van der Waals surface area contributed by atoms with Gasteiger partial charge in [0.05, 0.1) is 6.54 Å². The first-order valence-corrected chi connectivity index (χ1v) is 4.01. The molecule has 0 radical (unpaired) electrons. The van der Waals surface area contributed by atoms with Crippen molar-refractivity contribution in [1.82, 2.24) is 0 Å². The van der Waals surface area contributed by atoms with Crippen LogP contribution in [0.1, 0.15) is 24.2 Å². The van der Waals surface area contributed by atoms with Crippen LogP contribution in [-0.2, 0) is 11.3 Å². The standard InChI is InChI=1S/C10H10FNO/c1-8(11)10-5-3-2-4-9(10)6-12-7-13/h2-5,8H,6H2,1H3. The highest BCUT2D eigenvalue weighted by Gasteiger charge is 2.07. The van der Waals surface area contributed by atoms with E-state index in [4.69, 9.17) is 0 Å². The number of rotatable bonds is 3. The summed E-state index contributed by atoms with van der Waals surface area (Å²) in [6, 6.07) is 7.01. The molecule has 0 saturated heterocycles. The number of halogens is 1. The fraction of sp³-hybridized carbons (Fsp3) is 0.300. The first-order valence-electron chi connectivity index (χ1n) is 4.01. The second kappa shape index (κ2) is 4.53. The van der Waals surface area contributed by atoms with Crippen molar-refractivity contribution in [2.75, 3.05) is 0 Å². The Balaban J connectivity index is 2.97. The Kier molecular flexibility index (Phi) is 3.35. The van der Waals surface area contributed by atoms with Gasteiger partial charge in [0.15, 0.2) is 0 Å². The fourth-order valence-electron chi connectivity index (χ4n) is 1.18. The number of alkyl halides is 1. The average molecular weight is 179 g/mol. The van der Waals surface area contributed by atoms with E-state index < -0.39 is 6.17 Å². The van der Waals surface area contributed by atoms with E-state index in [1.807, 2.05) is 0 Å². The normalized spacial score (nSPS) is 11.8. The van der Waals surface area contributed by atoms with Gasteiger partial charge >= 0.3 is 0 Å². The summed E-state index contributed by atoms with van der Waals surface area (Å²) >= 11 is 0. The van der Waals surface area contributed by atoms with Gasteiger partial charge in [0.1, 0.15) is 6.17 Å². The third-order valence-corrected chi connectivity index (χ3v) is 1.80. The van der Waals surface area contributed by atoms with E-state index in [2.05, 4.69) is 4.99 Å². The van der Waals surface area contributed by atoms with E-state index in [1.54, 1.807) is 24.3 Å². The molecule has 1 atom stereocenters. The lowest BCUT2D eigenvalue weighted by Gasteiger charge is -2.06. The molecule has 3 heteroatoms. The Bertz CT molecular complexity index is 329. The van der Waals surface area contributed by atoms with Crippen molar-refractivity contribution in [2.45, 2.75) is 19.6 Å². The molecule has 1 rings (SSSR count). The van der Waals surface area contributed by atoms with Crippen LogP contribution in [0, 0.1) is 0 Å². The first-order chi connectivity index (χ1) is 6.25. The molecule has 0 saturated carbocycles. The van der Waals surface area contributed by atoms with Crippen molar-refractivity contribution in [3.8, 4) is 0 Å². The number of hydrogen-bond acceptors (Lipinski definition) is 2. The topological polar surface area (TPSA) is 29.4 Å². The quantitative estimate of drug-likeness (QED) is 0.518. The molecule has 0 spiro atoms.